The van der Waals surface area contributed by atoms with Crippen LogP contribution in [-0.2, 0) is 10.0 Å². The zero-order chi connectivity index (χ0) is 19.6. The molecule has 0 unspecified atom stereocenters. The molecule has 0 atom stereocenters. The molecule has 6 heteroatoms. The molecule has 1 saturated heterocycles. The number of carbonyl (C=O) groups excluding carboxylic acids is 1. The molecule has 5 nitrogen and oxygen atoms in total. The van der Waals surface area contributed by atoms with Crippen molar-refractivity contribution in [3.63, 3.8) is 0 Å². The summed E-state index contributed by atoms with van der Waals surface area (Å²) >= 11 is 0. The van der Waals surface area contributed by atoms with Gasteiger partial charge in [-0.05, 0) is 61.3 Å². The smallest absolute Gasteiger partial charge is 0.253 e. The van der Waals surface area contributed by atoms with Gasteiger partial charge in [-0.1, -0.05) is 36.4 Å². The Morgan fingerprint density at radius 2 is 1.68 bits per heavy atom. The summed E-state index contributed by atoms with van der Waals surface area (Å²) in [4.78, 5) is 14.9. The molecule has 4 rings (SSSR count). The van der Waals surface area contributed by atoms with E-state index in [1.807, 2.05) is 11.0 Å². The third-order valence-electron chi connectivity index (χ3n) is 5.70. The summed E-state index contributed by atoms with van der Waals surface area (Å²) in [5, 5.41) is 0. The van der Waals surface area contributed by atoms with Crippen molar-refractivity contribution in [2.24, 2.45) is 5.92 Å². The summed E-state index contributed by atoms with van der Waals surface area (Å²) in [7, 11) is -3.57. The molecular formula is C22H26N2O3S. The molecule has 0 bridgehead atoms. The summed E-state index contributed by atoms with van der Waals surface area (Å²) < 4.78 is 27.6. The number of rotatable bonds is 6. The van der Waals surface area contributed by atoms with Crippen molar-refractivity contribution >= 4 is 15.9 Å². The molecule has 1 saturated carbocycles. The molecule has 1 aliphatic carbocycles. The van der Waals surface area contributed by atoms with Crippen molar-refractivity contribution in [2.45, 2.75) is 36.5 Å². The fourth-order valence-corrected chi connectivity index (χ4v) is 4.91. The molecule has 0 radical (unpaired) electrons. The number of hydrogen-bond donors (Lipinski definition) is 1. The quantitative estimate of drug-likeness (QED) is 0.811. The highest BCUT2D eigenvalue weighted by Crippen LogP contribution is 2.29. The van der Waals surface area contributed by atoms with Gasteiger partial charge in [0.2, 0.25) is 10.0 Å². The van der Waals surface area contributed by atoms with Gasteiger partial charge in [-0.2, -0.15) is 0 Å². The Labute approximate surface area is 166 Å². The van der Waals surface area contributed by atoms with Crippen LogP contribution >= 0.6 is 0 Å². The Bertz CT molecular complexity index is 931. The SMILES string of the molecule is O=C(c1cccc(S(=O)(=O)NCC2CC2)c1)N1CCC(c2ccccc2)CC1. The predicted molar refractivity (Wildman–Crippen MR) is 109 cm³/mol. The van der Waals surface area contributed by atoms with Gasteiger partial charge in [-0.25, -0.2) is 13.1 Å². The molecule has 148 valence electrons. The maximum absolute atomic E-state index is 12.9. The first-order valence-electron chi connectivity index (χ1n) is 9.97. The van der Waals surface area contributed by atoms with E-state index >= 15 is 0 Å². The number of hydrogen-bond acceptors (Lipinski definition) is 3. The molecule has 28 heavy (non-hydrogen) atoms. The highest BCUT2D eigenvalue weighted by atomic mass is 32.2. The summed E-state index contributed by atoms with van der Waals surface area (Å²) in [5.41, 5.74) is 1.76. The van der Waals surface area contributed by atoms with Gasteiger partial charge in [0, 0.05) is 25.2 Å². The fraction of sp³-hybridized carbons (Fsp3) is 0.409. The molecule has 2 aliphatic rings. The van der Waals surface area contributed by atoms with Gasteiger partial charge in [0.05, 0.1) is 4.90 Å². The minimum Gasteiger partial charge on any atom is -0.339 e. The van der Waals surface area contributed by atoms with Gasteiger partial charge in [0.1, 0.15) is 0 Å². The first-order chi connectivity index (χ1) is 13.5. The number of likely N-dealkylation sites (tertiary alicyclic amines) is 1. The van der Waals surface area contributed by atoms with Crippen LogP contribution in [-0.4, -0.2) is 38.9 Å². The Hall–Kier alpha value is -2.18. The molecule has 2 aromatic carbocycles. The van der Waals surface area contributed by atoms with E-state index in [9.17, 15) is 13.2 Å². The average Bonchev–Trinajstić information content (AvgIpc) is 3.57. The summed E-state index contributed by atoms with van der Waals surface area (Å²) in [6.07, 6.45) is 4.02. The highest BCUT2D eigenvalue weighted by molar-refractivity contribution is 7.89. The van der Waals surface area contributed by atoms with Crippen LogP contribution in [0.5, 0.6) is 0 Å². The van der Waals surface area contributed by atoms with Crippen LogP contribution in [0, 0.1) is 5.92 Å². The normalized spacial score (nSPS) is 18.2. The van der Waals surface area contributed by atoms with Gasteiger partial charge in [0.25, 0.3) is 5.91 Å². The van der Waals surface area contributed by atoms with E-state index in [0.717, 1.165) is 25.7 Å². The lowest BCUT2D eigenvalue weighted by molar-refractivity contribution is 0.0712. The molecule has 2 aromatic rings. The van der Waals surface area contributed by atoms with E-state index in [4.69, 9.17) is 0 Å². The number of benzene rings is 2. The summed E-state index contributed by atoms with van der Waals surface area (Å²) in [6.45, 7) is 1.86. The van der Waals surface area contributed by atoms with Crippen LogP contribution in [0.2, 0.25) is 0 Å². The molecular weight excluding hydrogens is 372 g/mol. The number of nitrogens with zero attached hydrogens (tertiary/aromatic N) is 1. The van der Waals surface area contributed by atoms with E-state index in [2.05, 4.69) is 29.0 Å². The lowest BCUT2D eigenvalue weighted by atomic mass is 9.89. The molecule has 2 fully saturated rings. The van der Waals surface area contributed by atoms with Gasteiger partial charge < -0.3 is 4.90 Å². The standard InChI is InChI=1S/C22H26N2O3S/c25-22(24-13-11-19(12-14-24)18-5-2-1-3-6-18)20-7-4-8-21(15-20)28(26,27)23-16-17-9-10-17/h1-8,15,17,19,23H,9-14,16H2. The molecule has 1 heterocycles. The largest absolute Gasteiger partial charge is 0.339 e. The van der Waals surface area contributed by atoms with Crippen molar-refractivity contribution in [1.29, 1.82) is 0 Å². The van der Waals surface area contributed by atoms with E-state index in [1.165, 1.54) is 11.6 Å². The van der Waals surface area contributed by atoms with Crippen LogP contribution in [0.1, 0.15) is 47.5 Å². The third kappa shape index (κ3) is 4.45. The maximum Gasteiger partial charge on any atom is 0.253 e. The maximum atomic E-state index is 12.9. The number of amides is 1. The van der Waals surface area contributed by atoms with Crippen molar-refractivity contribution in [3.05, 3.63) is 65.7 Å². The van der Waals surface area contributed by atoms with E-state index in [1.54, 1.807) is 18.2 Å². The third-order valence-corrected chi connectivity index (χ3v) is 7.12. The molecule has 0 spiro atoms. The monoisotopic (exact) mass is 398 g/mol. The van der Waals surface area contributed by atoms with Crippen LogP contribution in [0.25, 0.3) is 0 Å². The summed E-state index contributed by atoms with van der Waals surface area (Å²) in [5.74, 6) is 0.847. The molecule has 1 N–H and O–H groups in total. The zero-order valence-electron chi connectivity index (χ0n) is 15.9. The van der Waals surface area contributed by atoms with Crippen molar-refractivity contribution in [3.8, 4) is 0 Å². The Morgan fingerprint density at radius 1 is 0.964 bits per heavy atom. The molecule has 1 amide bonds. The Morgan fingerprint density at radius 3 is 2.36 bits per heavy atom. The van der Waals surface area contributed by atoms with Gasteiger partial charge >= 0.3 is 0 Å². The topological polar surface area (TPSA) is 66.5 Å². The summed E-state index contributed by atoms with van der Waals surface area (Å²) in [6, 6.07) is 16.8. The molecule has 1 aliphatic heterocycles. The Balaban J connectivity index is 1.41. The van der Waals surface area contributed by atoms with Gasteiger partial charge in [-0.3, -0.25) is 4.79 Å². The van der Waals surface area contributed by atoms with E-state index < -0.39 is 10.0 Å². The number of piperidine rings is 1. The Kier molecular flexibility index (Phi) is 5.51. The van der Waals surface area contributed by atoms with Crippen LogP contribution in [0.4, 0.5) is 0 Å². The van der Waals surface area contributed by atoms with Crippen molar-refractivity contribution < 1.29 is 13.2 Å². The lowest BCUT2D eigenvalue weighted by Crippen LogP contribution is -2.38. The second-order valence-corrected chi connectivity index (χ2v) is 9.57. The highest BCUT2D eigenvalue weighted by Gasteiger charge is 2.27. The first-order valence-corrected chi connectivity index (χ1v) is 11.5. The number of carbonyl (C=O) groups is 1. The number of sulfonamides is 1. The minimum atomic E-state index is -3.57. The lowest BCUT2D eigenvalue weighted by Gasteiger charge is -2.32. The first kappa shape index (κ1) is 19.2. The van der Waals surface area contributed by atoms with Crippen molar-refractivity contribution in [2.75, 3.05) is 19.6 Å². The van der Waals surface area contributed by atoms with E-state index in [0.29, 0.717) is 37.0 Å². The van der Waals surface area contributed by atoms with Crippen molar-refractivity contribution in [1.82, 2.24) is 9.62 Å². The predicted octanol–water partition coefficient (Wildman–Crippen LogP) is 3.39. The van der Waals surface area contributed by atoms with Crippen LogP contribution in [0.15, 0.2) is 59.5 Å². The fourth-order valence-electron chi connectivity index (χ4n) is 3.75. The molecule has 0 aromatic heterocycles. The van der Waals surface area contributed by atoms with Gasteiger partial charge in [0.15, 0.2) is 0 Å². The minimum absolute atomic E-state index is 0.0919. The average molecular weight is 399 g/mol. The number of nitrogens with one attached hydrogen (secondary N) is 1. The second kappa shape index (κ2) is 8.05. The van der Waals surface area contributed by atoms with Crippen LogP contribution < -0.4 is 4.72 Å². The van der Waals surface area contributed by atoms with Crippen LogP contribution in [0.3, 0.4) is 0 Å². The second-order valence-electron chi connectivity index (χ2n) is 7.80. The van der Waals surface area contributed by atoms with E-state index in [-0.39, 0.29) is 10.8 Å². The zero-order valence-corrected chi connectivity index (χ0v) is 16.7. The van der Waals surface area contributed by atoms with Gasteiger partial charge in [-0.15, -0.1) is 0 Å².